The number of fused-ring (bicyclic) bond motifs is 1. The maximum Gasteiger partial charge on any atom is 0.421 e. The molecule has 1 atom stereocenters. The number of benzene rings is 2. The first-order chi connectivity index (χ1) is 15.8. The maximum atomic E-state index is 13.4. The van der Waals surface area contributed by atoms with Crippen molar-refractivity contribution in [2.75, 3.05) is 25.7 Å². The first kappa shape index (κ1) is 24.3. The lowest BCUT2D eigenvalue weighted by Crippen LogP contribution is -2.33. The predicted octanol–water partition coefficient (Wildman–Crippen LogP) is 5.47. The number of carbonyl (C=O) groups is 2. The number of rotatable bonds is 8. The van der Waals surface area contributed by atoms with Crippen molar-refractivity contribution >= 4 is 34.9 Å². The van der Waals surface area contributed by atoms with Crippen molar-refractivity contribution < 1.29 is 24.0 Å². The van der Waals surface area contributed by atoms with Crippen LogP contribution in [0.2, 0.25) is 5.02 Å². The standard InChI is InChI=1S/C24H25ClN2O6/c1-4-6-16(11-17(14-26(30)31)15-7-5-8-19(12-15)32-2)22-20-13-18(25)9-10-21(20)27(23(22)28)24(29)33-3/h5,7-10,12-13,17H,4,6,11,14H2,1-3H3/b22-16+/t17-/m0/s1. The van der Waals surface area contributed by atoms with E-state index in [1.54, 1.807) is 36.4 Å². The second-order valence-corrected chi connectivity index (χ2v) is 8.13. The molecule has 0 unspecified atom stereocenters. The zero-order chi connectivity index (χ0) is 24.1. The molecule has 0 radical (unpaired) electrons. The van der Waals surface area contributed by atoms with Crippen LogP contribution in [-0.4, -0.2) is 37.7 Å². The average molecular weight is 473 g/mol. The molecule has 8 nitrogen and oxygen atoms in total. The second kappa shape index (κ2) is 10.5. The van der Waals surface area contributed by atoms with E-state index in [0.29, 0.717) is 40.4 Å². The first-order valence-corrected chi connectivity index (χ1v) is 10.9. The van der Waals surface area contributed by atoms with Crippen LogP contribution >= 0.6 is 11.6 Å². The van der Waals surface area contributed by atoms with Gasteiger partial charge in [0.15, 0.2) is 0 Å². The van der Waals surface area contributed by atoms with E-state index in [1.165, 1.54) is 14.2 Å². The van der Waals surface area contributed by atoms with Crippen LogP contribution < -0.4 is 9.64 Å². The van der Waals surface area contributed by atoms with Gasteiger partial charge in [0.25, 0.3) is 5.91 Å². The summed E-state index contributed by atoms with van der Waals surface area (Å²) in [7, 11) is 2.74. The fraction of sp³-hybridized carbons (Fsp3) is 0.333. The molecule has 0 fully saturated rings. The monoisotopic (exact) mass is 472 g/mol. The lowest BCUT2D eigenvalue weighted by Gasteiger charge is -2.18. The number of halogens is 1. The highest BCUT2D eigenvalue weighted by molar-refractivity contribution is 6.40. The van der Waals surface area contributed by atoms with Gasteiger partial charge in [-0.3, -0.25) is 14.9 Å². The van der Waals surface area contributed by atoms with Gasteiger partial charge in [0.1, 0.15) is 5.75 Å². The highest BCUT2D eigenvalue weighted by atomic mass is 35.5. The first-order valence-electron chi connectivity index (χ1n) is 10.5. The number of hydrogen-bond acceptors (Lipinski definition) is 6. The van der Waals surface area contributed by atoms with Gasteiger partial charge in [0, 0.05) is 21.1 Å². The number of amides is 2. The minimum atomic E-state index is -0.802. The number of ether oxygens (including phenoxy) is 2. The third-order valence-corrected chi connectivity index (χ3v) is 5.81. The Hall–Kier alpha value is -3.39. The van der Waals surface area contributed by atoms with Crippen LogP contribution in [0, 0.1) is 10.1 Å². The molecule has 1 heterocycles. The average Bonchev–Trinajstić information content (AvgIpc) is 3.08. The molecular formula is C24H25ClN2O6. The molecule has 0 saturated heterocycles. The highest BCUT2D eigenvalue weighted by Crippen LogP contribution is 2.43. The molecule has 2 amide bonds. The molecule has 33 heavy (non-hydrogen) atoms. The molecule has 1 aliphatic heterocycles. The highest BCUT2D eigenvalue weighted by Gasteiger charge is 2.39. The summed E-state index contributed by atoms with van der Waals surface area (Å²) >= 11 is 6.21. The van der Waals surface area contributed by atoms with Crippen LogP contribution in [0.5, 0.6) is 5.75 Å². The summed E-state index contributed by atoms with van der Waals surface area (Å²) in [6.07, 6.45) is 0.706. The lowest BCUT2D eigenvalue weighted by atomic mass is 9.86. The van der Waals surface area contributed by atoms with Crippen LogP contribution in [-0.2, 0) is 9.53 Å². The van der Waals surface area contributed by atoms with E-state index in [1.807, 2.05) is 13.0 Å². The van der Waals surface area contributed by atoms with Gasteiger partial charge in [-0.05, 0) is 48.7 Å². The molecule has 2 aromatic rings. The molecule has 0 aromatic heterocycles. The van der Waals surface area contributed by atoms with Crippen LogP contribution in [0.1, 0.15) is 43.2 Å². The Morgan fingerprint density at radius 3 is 2.61 bits per heavy atom. The molecule has 0 aliphatic carbocycles. The van der Waals surface area contributed by atoms with Gasteiger partial charge in [-0.15, -0.1) is 0 Å². The Balaban J connectivity index is 2.15. The number of nitrogens with zero attached hydrogens (tertiary/aromatic N) is 2. The van der Waals surface area contributed by atoms with E-state index >= 15 is 0 Å². The number of nitro groups is 1. The summed E-state index contributed by atoms with van der Waals surface area (Å²) in [5, 5.41) is 11.9. The van der Waals surface area contributed by atoms with Crippen molar-refractivity contribution in [3.8, 4) is 5.75 Å². The Labute approximate surface area is 196 Å². The third-order valence-electron chi connectivity index (χ3n) is 5.58. The Morgan fingerprint density at radius 2 is 1.97 bits per heavy atom. The zero-order valence-electron chi connectivity index (χ0n) is 18.7. The van der Waals surface area contributed by atoms with E-state index in [0.717, 1.165) is 16.0 Å². The summed E-state index contributed by atoms with van der Waals surface area (Å²) in [4.78, 5) is 37.9. The van der Waals surface area contributed by atoms with Crippen molar-refractivity contribution in [3.05, 3.63) is 74.3 Å². The summed E-state index contributed by atoms with van der Waals surface area (Å²) < 4.78 is 10.1. The lowest BCUT2D eigenvalue weighted by molar-refractivity contribution is -0.483. The van der Waals surface area contributed by atoms with E-state index in [9.17, 15) is 19.7 Å². The van der Waals surface area contributed by atoms with Crippen LogP contribution in [0.3, 0.4) is 0 Å². The second-order valence-electron chi connectivity index (χ2n) is 7.69. The normalized spacial score (nSPS) is 15.2. The van der Waals surface area contributed by atoms with Crippen molar-refractivity contribution in [1.29, 1.82) is 0 Å². The van der Waals surface area contributed by atoms with Crippen LogP contribution in [0.4, 0.5) is 10.5 Å². The number of imide groups is 1. The molecule has 0 saturated carbocycles. The number of allylic oxidation sites excluding steroid dienone is 1. The quantitative estimate of drug-likeness (QED) is 0.287. The topological polar surface area (TPSA) is 99.0 Å². The molecular weight excluding hydrogens is 448 g/mol. The third kappa shape index (κ3) is 5.17. The molecule has 174 valence electrons. The SMILES string of the molecule is CCC/C(C[C@@H](C[N+](=O)[O-])c1cccc(OC)c1)=C1\C(=O)N(C(=O)OC)c2ccc(Cl)cc21. The number of anilines is 1. The van der Waals surface area contributed by atoms with Gasteiger partial charge in [-0.2, -0.15) is 0 Å². The van der Waals surface area contributed by atoms with Crippen LogP contribution in [0.15, 0.2) is 48.0 Å². The largest absolute Gasteiger partial charge is 0.497 e. The fourth-order valence-electron chi connectivity index (χ4n) is 4.15. The van der Waals surface area contributed by atoms with Crippen molar-refractivity contribution in [2.24, 2.45) is 0 Å². The number of hydrogen-bond donors (Lipinski definition) is 0. The minimum absolute atomic E-state index is 0.268. The summed E-state index contributed by atoms with van der Waals surface area (Å²) in [6.45, 7) is 1.65. The van der Waals surface area contributed by atoms with Crippen molar-refractivity contribution in [2.45, 2.75) is 32.1 Å². The molecule has 0 N–H and O–H groups in total. The Kier molecular flexibility index (Phi) is 7.71. The van der Waals surface area contributed by atoms with Gasteiger partial charge >= 0.3 is 6.09 Å². The molecule has 1 aliphatic rings. The van der Waals surface area contributed by atoms with Gasteiger partial charge in [0.2, 0.25) is 6.54 Å². The summed E-state index contributed by atoms with van der Waals surface area (Å²) in [5.41, 5.74) is 2.71. The summed E-state index contributed by atoms with van der Waals surface area (Å²) in [6, 6.07) is 12.0. The Bertz CT molecular complexity index is 1110. The van der Waals surface area contributed by atoms with E-state index in [4.69, 9.17) is 21.1 Å². The molecule has 2 aromatic carbocycles. The minimum Gasteiger partial charge on any atom is -0.497 e. The van der Waals surface area contributed by atoms with Gasteiger partial charge in [0.05, 0.1) is 25.8 Å². The summed E-state index contributed by atoms with van der Waals surface area (Å²) in [5.74, 6) is -0.420. The fourth-order valence-corrected chi connectivity index (χ4v) is 4.32. The van der Waals surface area contributed by atoms with Gasteiger partial charge in [-0.1, -0.05) is 42.7 Å². The molecule has 0 spiro atoms. The Morgan fingerprint density at radius 1 is 1.21 bits per heavy atom. The van der Waals surface area contributed by atoms with E-state index < -0.39 is 17.9 Å². The van der Waals surface area contributed by atoms with Gasteiger partial charge < -0.3 is 9.47 Å². The molecule has 3 rings (SSSR count). The van der Waals surface area contributed by atoms with E-state index in [-0.39, 0.29) is 17.9 Å². The molecule has 9 heteroatoms. The van der Waals surface area contributed by atoms with Crippen LogP contribution in [0.25, 0.3) is 5.57 Å². The number of methoxy groups -OCH3 is 2. The van der Waals surface area contributed by atoms with Crippen molar-refractivity contribution in [3.63, 3.8) is 0 Å². The predicted molar refractivity (Wildman–Crippen MR) is 125 cm³/mol. The maximum absolute atomic E-state index is 13.4. The number of carbonyl (C=O) groups excluding carboxylic acids is 2. The van der Waals surface area contributed by atoms with E-state index in [2.05, 4.69) is 0 Å². The van der Waals surface area contributed by atoms with Gasteiger partial charge in [-0.25, -0.2) is 9.69 Å². The smallest absolute Gasteiger partial charge is 0.421 e. The van der Waals surface area contributed by atoms with Crippen molar-refractivity contribution in [1.82, 2.24) is 0 Å². The molecule has 0 bridgehead atoms. The zero-order valence-corrected chi connectivity index (χ0v) is 19.4.